The van der Waals surface area contributed by atoms with E-state index in [1.807, 2.05) is 6.92 Å². The molecule has 0 unspecified atom stereocenters. The summed E-state index contributed by atoms with van der Waals surface area (Å²) in [7, 11) is -3.66. The zero-order valence-corrected chi connectivity index (χ0v) is 11.9. The molecule has 0 atom stereocenters. The predicted octanol–water partition coefficient (Wildman–Crippen LogP) is 1.71. The van der Waals surface area contributed by atoms with Gasteiger partial charge in [-0.25, -0.2) is 4.83 Å². The fourth-order valence-electron chi connectivity index (χ4n) is 1.19. The SMILES string of the molecule is CC/C(C)=N/NS(=O)(=O)c1ccc(NC(C)=O)cc1. The molecule has 6 nitrogen and oxygen atoms in total. The number of sulfonamides is 1. The summed E-state index contributed by atoms with van der Waals surface area (Å²) in [5.41, 5.74) is 1.23. The Kier molecular flexibility index (Phi) is 5.05. The minimum Gasteiger partial charge on any atom is -0.326 e. The van der Waals surface area contributed by atoms with Crippen molar-refractivity contribution < 1.29 is 13.2 Å². The van der Waals surface area contributed by atoms with Crippen LogP contribution in [0.3, 0.4) is 0 Å². The molecule has 0 aliphatic rings. The number of carbonyl (C=O) groups is 1. The summed E-state index contributed by atoms with van der Waals surface area (Å²) in [6, 6.07) is 5.85. The van der Waals surface area contributed by atoms with Crippen molar-refractivity contribution in [3.63, 3.8) is 0 Å². The lowest BCUT2D eigenvalue weighted by Crippen LogP contribution is -2.19. The van der Waals surface area contributed by atoms with Crippen molar-refractivity contribution >= 4 is 27.3 Å². The Morgan fingerprint density at radius 2 is 1.79 bits per heavy atom. The van der Waals surface area contributed by atoms with Gasteiger partial charge in [-0.15, -0.1) is 0 Å². The average Bonchev–Trinajstić information content (AvgIpc) is 2.36. The summed E-state index contributed by atoms with van der Waals surface area (Å²) in [5, 5.41) is 6.33. The number of anilines is 1. The van der Waals surface area contributed by atoms with Crippen LogP contribution in [-0.2, 0) is 14.8 Å². The van der Waals surface area contributed by atoms with Crippen molar-refractivity contribution in [2.24, 2.45) is 5.10 Å². The van der Waals surface area contributed by atoms with Crippen molar-refractivity contribution in [2.45, 2.75) is 32.1 Å². The number of benzene rings is 1. The third-order valence-electron chi connectivity index (χ3n) is 2.35. The molecule has 0 spiro atoms. The Morgan fingerprint density at radius 3 is 2.26 bits per heavy atom. The third-order valence-corrected chi connectivity index (χ3v) is 3.58. The van der Waals surface area contributed by atoms with Crippen molar-refractivity contribution in [1.29, 1.82) is 0 Å². The highest BCUT2D eigenvalue weighted by Gasteiger charge is 2.12. The van der Waals surface area contributed by atoms with Crippen LogP contribution < -0.4 is 10.1 Å². The molecule has 0 aliphatic carbocycles. The second kappa shape index (κ2) is 6.33. The molecule has 19 heavy (non-hydrogen) atoms. The van der Waals surface area contributed by atoms with Gasteiger partial charge in [0.05, 0.1) is 4.90 Å². The summed E-state index contributed by atoms with van der Waals surface area (Å²) in [5.74, 6) is -0.211. The van der Waals surface area contributed by atoms with E-state index in [-0.39, 0.29) is 10.8 Å². The Morgan fingerprint density at radius 1 is 1.21 bits per heavy atom. The number of amides is 1. The highest BCUT2D eigenvalue weighted by atomic mass is 32.2. The molecule has 0 fully saturated rings. The second-order valence-electron chi connectivity index (χ2n) is 4.00. The van der Waals surface area contributed by atoms with Crippen LogP contribution >= 0.6 is 0 Å². The van der Waals surface area contributed by atoms with Crippen molar-refractivity contribution in [2.75, 3.05) is 5.32 Å². The summed E-state index contributed by atoms with van der Waals surface area (Å²) in [6.07, 6.45) is 0.671. The number of hydrogen-bond acceptors (Lipinski definition) is 4. The number of rotatable bonds is 5. The molecule has 1 rings (SSSR count). The highest BCUT2D eigenvalue weighted by molar-refractivity contribution is 7.89. The van der Waals surface area contributed by atoms with Crippen molar-refractivity contribution in [1.82, 2.24) is 4.83 Å². The van der Waals surface area contributed by atoms with Crippen LogP contribution in [0.15, 0.2) is 34.3 Å². The Labute approximate surface area is 113 Å². The molecule has 0 saturated carbocycles. The number of nitrogens with zero attached hydrogens (tertiary/aromatic N) is 1. The minimum absolute atomic E-state index is 0.0919. The number of hydrazone groups is 1. The Bertz CT molecular complexity index is 577. The summed E-state index contributed by atoms with van der Waals surface area (Å²) >= 11 is 0. The van der Waals surface area contributed by atoms with Gasteiger partial charge < -0.3 is 5.32 Å². The lowest BCUT2D eigenvalue weighted by molar-refractivity contribution is -0.114. The van der Waals surface area contributed by atoms with Gasteiger partial charge in [-0.1, -0.05) is 6.92 Å². The van der Waals surface area contributed by atoms with E-state index in [0.717, 1.165) is 0 Å². The minimum atomic E-state index is -3.66. The fourth-order valence-corrected chi connectivity index (χ4v) is 2.07. The molecule has 0 radical (unpaired) electrons. The molecule has 2 N–H and O–H groups in total. The molecular formula is C12H17N3O3S. The van der Waals surface area contributed by atoms with E-state index in [9.17, 15) is 13.2 Å². The van der Waals surface area contributed by atoms with Gasteiger partial charge in [0.1, 0.15) is 0 Å². The van der Waals surface area contributed by atoms with E-state index in [2.05, 4.69) is 15.2 Å². The molecule has 7 heteroatoms. The molecule has 0 aliphatic heterocycles. The van der Waals surface area contributed by atoms with Gasteiger partial charge in [-0.05, 0) is 37.6 Å². The van der Waals surface area contributed by atoms with Crippen LogP contribution in [0.1, 0.15) is 27.2 Å². The first-order valence-electron chi connectivity index (χ1n) is 5.77. The number of nitrogens with one attached hydrogen (secondary N) is 2. The van der Waals surface area contributed by atoms with Crippen LogP contribution in [0, 0.1) is 0 Å². The van der Waals surface area contributed by atoms with Gasteiger partial charge in [-0.2, -0.15) is 13.5 Å². The zero-order chi connectivity index (χ0) is 14.5. The van der Waals surface area contributed by atoms with Crippen LogP contribution in [-0.4, -0.2) is 20.0 Å². The lowest BCUT2D eigenvalue weighted by Gasteiger charge is -2.06. The van der Waals surface area contributed by atoms with Crippen LogP contribution in [0.2, 0.25) is 0 Å². The number of hydrogen-bond donors (Lipinski definition) is 2. The number of carbonyl (C=O) groups excluding carboxylic acids is 1. The first kappa shape index (κ1) is 15.2. The van der Waals surface area contributed by atoms with Crippen molar-refractivity contribution in [3.05, 3.63) is 24.3 Å². The lowest BCUT2D eigenvalue weighted by atomic mass is 10.3. The maximum Gasteiger partial charge on any atom is 0.276 e. The molecule has 0 bridgehead atoms. The van der Waals surface area contributed by atoms with Gasteiger partial charge in [-0.3, -0.25) is 4.79 Å². The second-order valence-corrected chi connectivity index (χ2v) is 5.66. The molecule has 1 aromatic rings. The zero-order valence-electron chi connectivity index (χ0n) is 11.1. The van der Waals surface area contributed by atoms with Gasteiger partial charge in [0.25, 0.3) is 10.0 Å². The molecule has 1 amide bonds. The maximum atomic E-state index is 11.9. The molecule has 0 saturated heterocycles. The van der Waals surface area contributed by atoms with Gasteiger partial charge >= 0.3 is 0 Å². The van der Waals surface area contributed by atoms with Crippen LogP contribution in [0.5, 0.6) is 0 Å². The molecule has 104 valence electrons. The summed E-state index contributed by atoms with van der Waals surface area (Å²) < 4.78 is 23.8. The maximum absolute atomic E-state index is 11.9. The molecule has 0 heterocycles. The van der Waals surface area contributed by atoms with Crippen molar-refractivity contribution in [3.8, 4) is 0 Å². The summed E-state index contributed by atoms with van der Waals surface area (Å²) in [4.78, 5) is 13.1. The van der Waals surface area contributed by atoms with E-state index in [1.54, 1.807) is 6.92 Å². The largest absolute Gasteiger partial charge is 0.326 e. The normalized spacial score (nSPS) is 12.1. The molecule has 0 aromatic heterocycles. The third kappa shape index (κ3) is 4.70. The first-order valence-corrected chi connectivity index (χ1v) is 7.26. The summed E-state index contributed by atoms with van der Waals surface area (Å²) in [6.45, 7) is 5.01. The smallest absolute Gasteiger partial charge is 0.276 e. The first-order chi connectivity index (χ1) is 8.85. The molecular weight excluding hydrogens is 266 g/mol. The van der Waals surface area contributed by atoms with Gasteiger partial charge in [0, 0.05) is 18.3 Å². The van der Waals surface area contributed by atoms with E-state index in [0.29, 0.717) is 17.8 Å². The average molecular weight is 283 g/mol. The Balaban J connectivity index is 2.88. The quantitative estimate of drug-likeness (QED) is 0.637. The van der Waals surface area contributed by atoms with E-state index >= 15 is 0 Å². The predicted molar refractivity (Wildman–Crippen MR) is 74.5 cm³/mol. The van der Waals surface area contributed by atoms with E-state index in [4.69, 9.17) is 0 Å². The van der Waals surface area contributed by atoms with E-state index in [1.165, 1.54) is 31.2 Å². The Hall–Kier alpha value is -1.89. The van der Waals surface area contributed by atoms with E-state index < -0.39 is 10.0 Å². The topological polar surface area (TPSA) is 87.6 Å². The van der Waals surface area contributed by atoms with Crippen LogP contribution in [0.25, 0.3) is 0 Å². The standard InChI is InChI=1S/C12H17N3O3S/c1-4-9(2)14-15-19(17,18)12-7-5-11(6-8-12)13-10(3)16/h5-8,15H,4H2,1-3H3,(H,13,16)/b14-9+. The van der Waals surface area contributed by atoms with Gasteiger partial charge in [0.15, 0.2) is 0 Å². The molecule has 1 aromatic carbocycles. The fraction of sp³-hybridized carbons (Fsp3) is 0.333. The van der Waals surface area contributed by atoms with Crippen LogP contribution in [0.4, 0.5) is 5.69 Å². The highest BCUT2D eigenvalue weighted by Crippen LogP contribution is 2.13. The van der Waals surface area contributed by atoms with Gasteiger partial charge in [0.2, 0.25) is 5.91 Å². The monoisotopic (exact) mass is 283 g/mol.